The normalized spacial score (nSPS) is 10.6. The summed E-state index contributed by atoms with van der Waals surface area (Å²) in [6.45, 7) is 0.604. The number of nitrogens with two attached hydrogens (primary N) is 3. The molecule has 0 aliphatic rings. The van der Waals surface area contributed by atoms with Gasteiger partial charge in [0.1, 0.15) is 11.8 Å². The summed E-state index contributed by atoms with van der Waals surface area (Å²) < 4.78 is 0. The number of nitrogen functional groups attached to an aromatic ring is 1. The number of rotatable bonds is 6. The van der Waals surface area contributed by atoms with Crippen molar-refractivity contribution in [3.8, 4) is 5.75 Å². The molecule has 1 atom stereocenters. The first-order valence-corrected chi connectivity index (χ1v) is 9.10. The van der Waals surface area contributed by atoms with Crippen LogP contribution >= 0.6 is 23.2 Å². The van der Waals surface area contributed by atoms with Gasteiger partial charge in [0.05, 0.1) is 5.02 Å². The van der Waals surface area contributed by atoms with Crippen LogP contribution in [0.25, 0.3) is 0 Å². The molecule has 0 saturated carbocycles. The summed E-state index contributed by atoms with van der Waals surface area (Å²) >= 11 is 11.2. The van der Waals surface area contributed by atoms with Gasteiger partial charge in [-0.15, -0.1) is 0 Å². The van der Waals surface area contributed by atoms with Crippen LogP contribution in [0.5, 0.6) is 5.75 Å². The molecule has 9 heteroatoms. The van der Waals surface area contributed by atoms with Crippen molar-refractivity contribution >= 4 is 41.1 Å². The Morgan fingerprint density at radius 1 is 1.14 bits per heavy atom. The molecule has 2 rings (SSSR count). The van der Waals surface area contributed by atoms with Crippen LogP contribution < -0.4 is 17.2 Å². The number of carbonyl (C=O) groups excluding carboxylic acids is 1. The molecule has 154 valence electrons. The largest absolute Gasteiger partial charge is 0.508 e. The summed E-state index contributed by atoms with van der Waals surface area (Å²) in [5.74, 6) is -0.720. The third-order valence-electron chi connectivity index (χ3n) is 3.25. The van der Waals surface area contributed by atoms with Crippen LogP contribution in [0.15, 0.2) is 42.5 Å². The predicted molar refractivity (Wildman–Crippen MR) is 113 cm³/mol. The molecular formula is C19H25Cl2N3O4. The van der Waals surface area contributed by atoms with Gasteiger partial charge in [-0.2, -0.15) is 0 Å². The number of hydrogen-bond acceptors (Lipinski definition) is 6. The molecule has 0 aliphatic carbocycles. The van der Waals surface area contributed by atoms with Crippen LogP contribution in [0.4, 0.5) is 5.69 Å². The van der Waals surface area contributed by atoms with Crippen molar-refractivity contribution in [3.05, 3.63) is 58.1 Å². The number of hydrogen-bond donors (Lipinski definition) is 5. The lowest BCUT2D eigenvalue weighted by molar-refractivity contribution is -0.138. The lowest BCUT2D eigenvalue weighted by Crippen LogP contribution is -2.29. The Bertz CT molecular complexity index is 728. The van der Waals surface area contributed by atoms with Crippen LogP contribution in [-0.2, 0) is 4.79 Å². The fourth-order valence-electron chi connectivity index (χ4n) is 1.75. The Labute approximate surface area is 174 Å². The average Bonchev–Trinajstić information content (AvgIpc) is 2.63. The number of aldehydes is 1. The Hall–Kier alpha value is -2.32. The van der Waals surface area contributed by atoms with E-state index in [-0.39, 0.29) is 5.75 Å². The highest BCUT2D eigenvalue weighted by Crippen LogP contribution is 2.18. The molecule has 8 N–H and O–H groups in total. The standard InChI is InChI=1S/C7H4Cl2O.C6H14N2O2.C6H7NO/c8-6-2-1-5(4-10)7(9)3-6;7-4-2-1-3-5(8)6(9)10;7-5-2-1-3-6(8)4-5/h1-4H;5H,1-4,7-8H2,(H,9,10);1-4,8H,7H2/t;5-;/m.0./s1. The van der Waals surface area contributed by atoms with E-state index in [0.717, 1.165) is 12.8 Å². The van der Waals surface area contributed by atoms with Crippen molar-refractivity contribution in [2.45, 2.75) is 25.3 Å². The lowest BCUT2D eigenvalue weighted by atomic mass is 10.1. The zero-order chi connectivity index (χ0) is 21.5. The second kappa shape index (κ2) is 14.7. The molecule has 28 heavy (non-hydrogen) atoms. The van der Waals surface area contributed by atoms with E-state index >= 15 is 0 Å². The molecule has 2 aromatic carbocycles. The maximum absolute atomic E-state index is 10.2. The van der Waals surface area contributed by atoms with Gasteiger partial charge in [0, 0.05) is 22.3 Å². The maximum atomic E-state index is 10.2. The van der Waals surface area contributed by atoms with E-state index in [0.29, 0.717) is 40.5 Å². The highest BCUT2D eigenvalue weighted by molar-refractivity contribution is 6.36. The topological polar surface area (TPSA) is 153 Å². The number of carbonyl (C=O) groups is 2. The summed E-state index contributed by atoms with van der Waals surface area (Å²) in [6.07, 6.45) is 2.86. The Morgan fingerprint density at radius 3 is 2.25 bits per heavy atom. The molecule has 0 amide bonds. The summed E-state index contributed by atoms with van der Waals surface area (Å²) in [7, 11) is 0. The highest BCUT2D eigenvalue weighted by Gasteiger charge is 2.09. The van der Waals surface area contributed by atoms with E-state index in [2.05, 4.69) is 0 Å². The quantitative estimate of drug-likeness (QED) is 0.268. The molecular weight excluding hydrogens is 405 g/mol. The van der Waals surface area contributed by atoms with Gasteiger partial charge in [0.15, 0.2) is 6.29 Å². The number of aromatic hydroxyl groups is 1. The van der Waals surface area contributed by atoms with E-state index < -0.39 is 12.0 Å². The number of halogens is 2. The second-order valence-electron chi connectivity index (χ2n) is 5.61. The number of benzene rings is 2. The third kappa shape index (κ3) is 12.1. The fourth-order valence-corrected chi connectivity index (χ4v) is 2.21. The average molecular weight is 430 g/mol. The minimum Gasteiger partial charge on any atom is -0.508 e. The van der Waals surface area contributed by atoms with Gasteiger partial charge in [-0.25, -0.2) is 0 Å². The van der Waals surface area contributed by atoms with Crippen molar-refractivity contribution in [1.82, 2.24) is 0 Å². The number of phenolic OH excluding ortho intramolecular Hbond substituents is 1. The second-order valence-corrected chi connectivity index (χ2v) is 6.45. The van der Waals surface area contributed by atoms with Crippen molar-refractivity contribution in [1.29, 1.82) is 0 Å². The molecule has 0 unspecified atom stereocenters. The van der Waals surface area contributed by atoms with E-state index in [4.69, 9.17) is 50.6 Å². The molecule has 0 spiro atoms. The van der Waals surface area contributed by atoms with Crippen LogP contribution in [0, 0.1) is 0 Å². The Morgan fingerprint density at radius 2 is 1.82 bits per heavy atom. The first-order valence-electron chi connectivity index (χ1n) is 8.34. The number of carboxylic acid groups (broad SMARTS) is 1. The van der Waals surface area contributed by atoms with Crippen molar-refractivity contribution in [3.63, 3.8) is 0 Å². The van der Waals surface area contributed by atoms with Crippen molar-refractivity contribution in [2.75, 3.05) is 12.3 Å². The number of aliphatic carboxylic acids is 1. The van der Waals surface area contributed by atoms with Crippen LogP contribution in [0.1, 0.15) is 29.6 Å². The lowest BCUT2D eigenvalue weighted by Gasteiger charge is -2.03. The fraction of sp³-hybridized carbons (Fsp3) is 0.263. The van der Waals surface area contributed by atoms with E-state index in [1.54, 1.807) is 30.3 Å². The molecule has 2 aromatic rings. The van der Waals surface area contributed by atoms with E-state index in [9.17, 15) is 9.59 Å². The monoisotopic (exact) mass is 429 g/mol. The number of carboxylic acids is 1. The van der Waals surface area contributed by atoms with Gasteiger partial charge < -0.3 is 27.4 Å². The summed E-state index contributed by atoms with van der Waals surface area (Å²) in [6, 6.07) is 10.5. The van der Waals surface area contributed by atoms with Crippen LogP contribution in [0.2, 0.25) is 10.0 Å². The summed E-state index contributed by atoms with van der Waals surface area (Å²) in [4.78, 5) is 20.3. The summed E-state index contributed by atoms with van der Waals surface area (Å²) in [5, 5.41) is 18.0. The summed E-state index contributed by atoms with van der Waals surface area (Å²) in [5.41, 5.74) is 16.8. The molecule has 0 bridgehead atoms. The molecule has 0 aromatic heterocycles. The van der Waals surface area contributed by atoms with Crippen LogP contribution in [0.3, 0.4) is 0 Å². The zero-order valence-electron chi connectivity index (χ0n) is 15.2. The van der Waals surface area contributed by atoms with Gasteiger partial charge in [-0.3, -0.25) is 9.59 Å². The number of anilines is 1. The van der Waals surface area contributed by atoms with E-state index in [1.807, 2.05) is 0 Å². The minimum atomic E-state index is -0.933. The molecule has 0 radical (unpaired) electrons. The van der Waals surface area contributed by atoms with Gasteiger partial charge in [0.2, 0.25) is 0 Å². The first kappa shape index (κ1) is 25.7. The predicted octanol–water partition coefficient (Wildman–Crippen LogP) is 3.31. The molecule has 0 saturated heterocycles. The highest BCUT2D eigenvalue weighted by atomic mass is 35.5. The van der Waals surface area contributed by atoms with Gasteiger partial charge in [0.25, 0.3) is 0 Å². The Kier molecular flexibility index (Phi) is 13.5. The van der Waals surface area contributed by atoms with Crippen molar-refractivity contribution in [2.24, 2.45) is 11.5 Å². The van der Waals surface area contributed by atoms with Gasteiger partial charge in [-0.05, 0) is 49.7 Å². The van der Waals surface area contributed by atoms with Crippen LogP contribution in [-0.4, -0.2) is 35.1 Å². The molecule has 0 fully saturated rings. The Balaban J connectivity index is 0.000000393. The number of unbranched alkanes of at least 4 members (excludes halogenated alkanes) is 1. The third-order valence-corrected chi connectivity index (χ3v) is 3.81. The SMILES string of the molecule is NCCCC[C@H](N)C(=O)O.Nc1cccc(O)c1.O=Cc1ccc(Cl)cc1Cl. The van der Waals surface area contributed by atoms with Gasteiger partial charge in [-0.1, -0.05) is 35.7 Å². The minimum absolute atomic E-state index is 0.213. The zero-order valence-corrected chi connectivity index (χ0v) is 16.7. The molecule has 0 aliphatic heterocycles. The smallest absolute Gasteiger partial charge is 0.320 e. The van der Waals surface area contributed by atoms with Gasteiger partial charge >= 0.3 is 5.97 Å². The first-order chi connectivity index (χ1) is 13.2. The van der Waals surface area contributed by atoms with E-state index in [1.165, 1.54) is 12.1 Å². The molecule has 0 heterocycles. The number of phenols is 1. The maximum Gasteiger partial charge on any atom is 0.320 e. The van der Waals surface area contributed by atoms with Crippen molar-refractivity contribution < 1.29 is 19.8 Å². The molecule has 7 nitrogen and oxygen atoms in total.